The van der Waals surface area contributed by atoms with Crippen LogP contribution in [0.3, 0.4) is 0 Å². The van der Waals surface area contributed by atoms with Gasteiger partial charge in [-0.25, -0.2) is 4.79 Å². The van der Waals surface area contributed by atoms with Crippen molar-refractivity contribution in [3.8, 4) is 0 Å². The van der Waals surface area contributed by atoms with Gasteiger partial charge in [0.05, 0.1) is 6.61 Å². The lowest BCUT2D eigenvalue weighted by atomic mass is 10.2. The molecule has 0 aromatic heterocycles. The first-order chi connectivity index (χ1) is 8.53. The van der Waals surface area contributed by atoms with Crippen LogP contribution in [0.15, 0.2) is 12.7 Å². The van der Waals surface area contributed by atoms with Gasteiger partial charge in [0.2, 0.25) is 0 Å². The molecule has 0 rings (SSSR count). The molecule has 3 nitrogen and oxygen atoms in total. The molecule has 0 amide bonds. The maximum absolute atomic E-state index is 10.9. The van der Waals surface area contributed by atoms with Gasteiger partial charge >= 0.3 is 5.97 Å². The van der Waals surface area contributed by atoms with Crippen LogP contribution in [0.4, 0.5) is 0 Å². The molecule has 0 spiro atoms. The van der Waals surface area contributed by atoms with Gasteiger partial charge in [-0.2, -0.15) is 0 Å². The highest BCUT2D eigenvalue weighted by Crippen LogP contribution is 2.24. The normalized spacial score (nSPS) is 13.1. The number of carbonyl (C=O) groups excluding carboxylic acids is 1. The quantitative estimate of drug-likeness (QED) is 0.262. The molecule has 0 aromatic carbocycles. The lowest BCUT2D eigenvalue weighted by Gasteiger charge is -2.31. The van der Waals surface area contributed by atoms with Crippen LogP contribution in [0.25, 0.3) is 0 Å². The fourth-order valence-corrected chi connectivity index (χ4v) is 5.06. The van der Waals surface area contributed by atoms with Crippen LogP contribution in [0, 0.1) is 0 Å². The summed E-state index contributed by atoms with van der Waals surface area (Å²) < 4.78 is 11.2. The van der Waals surface area contributed by atoms with Crippen molar-refractivity contribution in [2.45, 2.75) is 64.8 Å². The molecular formula is C14H28O3Si. The lowest BCUT2D eigenvalue weighted by Crippen LogP contribution is -2.39. The third-order valence-electron chi connectivity index (χ3n) is 3.55. The molecule has 0 aliphatic heterocycles. The zero-order chi connectivity index (χ0) is 14.0. The predicted molar refractivity (Wildman–Crippen MR) is 78.1 cm³/mol. The Bertz CT molecular complexity index is 241. The molecule has 0 saturated carbocycles. The summed E-state index contributed by atoms with van der Waals surface area (Å²) in [4.78, 5) is 10.9. The van der Waals surface area contributed by atoms with E-state index in [1.165, 1.54) is 24.2 Å². The third kappa shape index (κ3) is 6.35. The Hall–Kier alpha value is -0.613. The van der Waals surface area contributed by atoms with Crippen molar-refractivity contribution in [1.82, 2.24) is 0 Å². The van der Waals surface area contributed by atoms with Crippen molar-refractivity contribution < 1.29 is 14.0 Å². The molecule has 0 saturated heterocycles. The first-order valence-corrected chi connectivity index (χ1v) is 9.53. The van der Waals surface area contributed by atoms with Crippen molar-refractivity contribution in [3.63, 3.8) is 0 Å². The minimum absolute atomic E-state index is 0.263. The number of rotatable bonds is 10. The molecule has 18 heavy (non-hydrogen) atoms. The predicted octanol–water partition coefficient (Wildman–Crippen LogP) is 3.91. The average Bonchev–Trinajstić information content (AvgIpc) is 2.40. The monoisotopic (exact) mass is 272 g/mol. The first-order valence-electron chi connectivity index (χ1n) is 7.00. The summed E-state index contributed by atoms with van der Waals surface area (Å²) in [6.45, 7) is 12.6. The van der Waals surface area contributed by atoms with Crippen LogP contribution in [0.5, 0.6) is 0 Å². The Kier molecular flexibility index (Phi) is 9.02. The van der Waals surface area contributed by atoms with Crippen LogP contribution in [-0.4, -0.2) is 27.0 Å². The van der Waals surface area contributed by atoms with E-state index in [2.05, 4.69) is 34.3 Å². The minimum atomic E-state index is -1.49. The van der Waals surface area contributed by atoms with E-state index in [0.717, 1.165) is 12.8 Å². The van der Waals surface area contributed by atoms with Crippen molar-refractivity contribution in [3.05, 3.63) is 12.7 Å². The van der Waals surface area contributed by atoms with Crippen LogP contribution < -0.4 is 0 Å². The molecular weight excluding hydrogens is 244 g/mol. The first kappa shape index (κ1) is 17.4. The van der Waals surface area contributed by atoms with Crippen molar-refractivity contribution in [2.24, 2.45) is 0 Å². The van der Waals surface area contributed by atoms with Gasteiger partial charge < -0.3 is 9.16 Å². The molecule has 4 heteroatoms. The molecule has 0 radical (unpaired) electrons. The van der Waals surface area contributed by atoms with E-state index in [1.54, 1.807) is 0 Å². The number of esters is 1. The molecule has 0 fully saturated rings. The highest BCUT2D eigenvalue weighted by Gasteiger charge is 2.30. The topological polar surface area (TPSA) is 35.5 Å². The molecule has 0 aliphatic carbocycles. The van der Waals surface area contributed by atoms with E-state index >= 15 is 0 Å². The number of hydrogen-bond donors (Lipinski definition) is 0. The van der Waals surface area contributed by atoms with E-state index in [4.69, 9.17) is 9.16 Å². The maximum atomic E-state index is 10.9. The highest BCUT2D eigenvalue weighted by atomic mass is 28.4. The summed E-state index contributed by atoms with van der Waals surface area (Å²) in [6.07, 6.45) is 3.25. The number of carbonyl (C=O) groups is 1. The number of ether oxygens (including phenoxy) is 1. The van der Waals surface area contributed by atoms with Gasteiger partial charge in [0, 0.05) is 12.2 Å². The molecule has 106 valence electrons. The average molecular weight is 272 g/mol. The van der Waals surface area contributed by atoms with Crippen LogP contribution >= 0.6 is 0 Å². The van der Waals surface area contributed by atoms with Crippen molar-refractivity contribution >= 4 is 14.3 Å². The fraction of sp³-hybridized carbons (Fsp3) is 0.786. The van der Waals surface area contributed by atoms with Crippen molar-refractivity contribution in [2.75, 3.05) is 6.61 Å². The SMILES string of the molecule is C=CC(=O)OCCC[C@@H](C)O[Si](CC)(CC)CC. The summed E-state index contributed by atoms with van der Waals surface area (Å²) in [5.74, 6) is -0.344. The Morgan fingerprint density at radius 1 is 1.28 bits per heavy atom. The van der Waals surface area contributed by atoms with Crippen LogP contribution in [0.1, 0.15) is 40.5 Å². The van der Waals surface area contributed by atoms with E-state index in [-0.39, 0.29) is 12.1 Å². The van der Waals surface area contributed by atoms with E-state index in [0.29, 0.717) is 6.61 Å². The second-order valence-corrected chi connectivity index (χ2v) is 9.41. The van der Waals surface area contributed by atoms with Crippen LogP contribution in [-0.2, 0) is 14.0 Å². The summed E-state index contributed by atoms with van der Waals surface area (Å²) in [7, 11) is -1.49. The van der Waals surface area contributed by atoms with Gasteiger partial charge in [-0.15, -0.1) is 0 Å². The van der Waals surface area contributed by atoms with Crippen molar-refractivity contribution in [1.29, 1.82) is 0 Å². The molecule has 0 unspecified atom stereocenters. The fourth-order valence-electron chi connectivity index (χ4n) is 2.09. The van der Waals surface area contributed by atoms with Gasteiger partial charge in [0.1, 0.15) is 0 Å². The van der Waals surface area contributed by atoms with Gasteiger partial charge in [0.25, 0.3) is 0 Å². The molecule has 0 bridgehead atoms. The van der Waals surface area contributed by atoms with E-state index in [9.17, 15) is 4.79 Å². The maximum Gasteiger partial charge on any atom is 0.330 e. The lowest BCUT2D eigenvalue weighted by molar-refractivity contribution is -0.137. The Balaban J connectivity index is 3.92. The number of hydrogen-bond acceptors (Lipinski definition) is 3. The summed E-state index contributed by atoms with van der Waals surface area (Å²) >= 11 is 0. The second kappa shape index (κ2) is 9.33. The van der Waals surface area contributed by atoms with E-state index in [1.807, 2.05) is 0 Å². The molecule has 0 N–H and O–H groups in total. The molecule has 0 aromatic rings. The molecule has 1 atom stereocenters. The second-order valence-electron chi connectivity index (χ2n) is 4.69. The summed E-state index contributed by atoms with van der Waals surface area (Å²) in [5, 5.41) is 0. The molecule has 0 aliphatic rings. The van der Waals surface area contributed by atoms with Gasteiger partial charge in [-0.1, -0.05) is 27.4 Å². The summed E-state index contributed by atoms with van der Waals surface area (Å²) in [6, 6.07) is 3.53. The Labute approximate surface area is 113 Å². The van der Waals surface area contributed by atoms with E-state index < -0.39 is 8.32 Å². The molecule has 0 heterocycles. The largest absolute Gasteiger partial charge is 0.463 e. The summed E-state index contributed by atoms with van der Waals surface area (Å²) in [5.41, 5.74) is 0. The minimum Gasteiger partial charge on any atom is -0.463 e. The Morgan fingerprint density at radius 2 is 1.83 bits per heavy atom. The smallest absolute Gasteiger partial charge is 0.330 e. The van der Waals surface area contributed by atoms with Gasteiger partial charge in [0.15, 0.2) is 8.32 Å². The van der Waals surface area contributed by atoms with Gasteiger partial charge in [-0.3, -0.25) is 0 Å². The van der Waals surface area contributed by atoms with Crippen LogP contribution in [0.2, 0.25) is 18.1 Å². The zero-order valence-electron chi connectivity index (χ0n) is 12.3. The standard InChI is InChI=1S/C14H28O3Si/c1-6-14(15)16-12-10-11-13(5)17-18(7-2,8-3)9-4/h6,13H,1,7-12H2,2-5H3/t13-/m1/s1. The Morgan fingerprint density at radius 3 is 2.28 bits per heavy atom. The van der Waals surface area contributed by atoms with Gasteiger partial charge in [-0.05, 0) is 37.9 Å². The highest BCUT2D eigenvalue weighted by molar-refractivity contribution is 6.73. The zero-order valence-corrected chi connectivity index (χ0v) is 13.3. The third-order valence-corrected chi connectivity index (χ3v) is 8.32.